The van der Waals surface area contributed by atoms with Crippen LogP contribution < -0.4 is 4.90 Å². The summed E-state index contributed by atoms with van der Waals surface area (Å²) in [6, 6.07) is 12.2. The molecule has 0 bridgehead atoms. The Labute approximate surface area is 177 Å². The summed E-state index contributed by atoms with van der Waals surface area (Å²) in [5, 5.41) is 7.65. The van der Waals surface area contributed by atoms with Gasteiger partial charge in [-0.05, 0) is 37.4 Å². The molecule has 1 aliphatic rings. The Bertz CT molecular complexity index is 1150. The van der Waals surface area contributed by atoms with Crippen molar-refractivity contribution < 1.29 is 4.79 Å². The number of benzene rings is 1. The van der Waals surface area contributed by atoms with Gasteiger partial charge in [0.25, 0.3) is 5.91 Å². The van der Waals surface area contributed by atoms with Crippen LogP contribution in [0, 0.1) is 13.8 Å². The Balaban J connectivity index is 1.37. The number of hydrogen-bond acceptors (Lipinski definition) is 6. The SMILES string of the molecule is Cc1ccc(-n2nc(C)c3sc(N4CCN(C(=O)c5cccs5)CC4)nc32)cc1. The molecule has 1 fully saturated rings. The number of amides is 1. The lowest BCUT2D eigenvalue weighted by Gasteiger charge is -2.34. The molecule has 1 aliphatic heterocycles. The standard InChI is InChI=1S/C21H21N5OS2/c1-14-5-7-16(8-6-14)26-19-18(15(2)23-26)29-21(22-19)25-11-9-24(10-12-25)20(27)17-4-3-13-28-17/h3-8,13H,9-12H2,1-2H3. The van der Waals surface area contributed by atoms with Crippen LogP contribution in [-0.4, -0.2) is 51.8 Å². The van der Waals surface area contributed by atoms with Crippen molar-refractivity contribution in [1.82, 2.24) is 19.7 Å². The molecule has 0 unspecified atom stereocenters. The number of aromatic nitrogens is 3. The van der Waals surface area contributed by atoms with E-state index in [0.29, 0.717) is 0 Å². The molecule has 8 heteroatoms. The van der Waals surface area contributed by atoms with Crippen LogP contribution in [-0.2, 0) is 0 Å². The summed E-state index contributed by atoms with van der Waals surface area (Å²) in [6.07, 6.45) is 0. The minimum absolute atomic E-state index is 0.134. The van der Waals surface area contributed by atoms with Gasteiger partial charge in [-0.1, -0.05) is 35.1 Å². The second-order valence-electron chi connectivity index (χ2n) is 7.24. The first-order valence-corrected chi connectivity index (χ1v) is 11.3. The van der Waals surface area contributed by atoms with Gasteiger partial charge in [-0.3, -0.25) is 4.79 Å². The van der Waals surface area contributed by atoms with Gasteiger partial charge < -0.3 is 9.80 Å². The van der Waals surface area contributed by atoms with Gasteiger partial charge in [0.15, 0.2) is 10.8 Å². The van der Waals surface area contributed by atoms with E-state index < -0.39 is 0 Å². The molecule has 3 aromatic heterocycles. The zero-order chi connectivity index (χ0) is 20.0. The average molecular weight is 424 g/mol. The van der Waals surface area contributed by atoms with Gasteiger partial charge in [0, 0.05) is 26.2 Å². The van der Waals surface area contributed by atoms with Crippen molar-refractivity contribution in [2.75, 3.05) is 31.1 Å². The molecule has 4 heterocycles. The molecule has 1 saturated heterocycles. The molecular weight excluding hydrogens is 402 g/mol. The fourth-order valence-electron chi connectivity index (χ4n) is 3.58. The van der Waals surface area contributed by atoms with Crippen LogP contribution >= 0.6 is 22.7 Å². The van der Waals surface area contributed by atoms with E-state index in [-0.39, 0.29) is 5.91 Å². The number of thiophene rings is 1. The van der Waals surface area contributed by atoms with Crippen LogP contribution in [0.5, 0.6) is 0 Å². The van der Waals surface area contributed by atoms with E-state index in [1.54, 1.807) is 11.3 Å². The van der Waals surface area contributed by atoms with Crippen molar-refractivity contribution in [2.24, 2.45) is 0 Å². The molecule has 0 spiro atoms. The second-order valence-corrected chi connectivity index (χ2v) is 9.16. The van der Waals surface area contributed by atoms with Crippen molar-refractivity contribution in [2.45, 2.75) is 13.8 Å². The Kier molecular flexibility index (Phi) is 4.60. The molecule has 0 radical (unpaired) electrons. The van der Waals surface area contributed by atoms with Gasteiger partial charge in [0.2, 0.25) is 0 Å². The van der Waals surface area contributed by atoms with Gasteiger partial charge in [-0.25, -0.2) is 4.68 Å². The summed E-state index contributed by atoms with van der Waals surface area (Å²) in [4.78, 5) is 22.5. The molecule has 0 saturated carbocycles. The number of fused-ring (bicyclic) bond motifs is 1. The van der Waals surface area contributed by atoms with Crippen molar-refractivity contribution in [1.29, 1.82) is 0 Å². The van der Waals surface area contributed by atoms with Crippen LogP contribution in [0.4, 0.5) is 5.13 Å². The van der Waals surface area contributed by atoms with E-state index in [2.05, 4.69) is 36.1 Å². The predicted octanol–water partition coefficient (Wildman–Crippen LogP) is 4.12. The Morgan fingerprint density at radius 2 is 1.79 bits per heavy atom. The van der Waals surface area contributed by atoms with Crippen molar-refractivity contribution in [3.8, 4) is 5.69 Å². The maximum absolute atomic E-state index is 12.6. The third-order valence-corrected chi connectivity index (χ3v) is 7.30. The minimum Gasteiger partial charge on any atom is -0.344 e. The maximum Gasteiger partial charge on any atom is 0.264 e. The summed E-state index contributed by atoms with van der Waals surface area (Å²) >= 11 is 3.19. The molecule has 0 aliphatic carbocycles. The van der Waals surface area contributed by atoms with Gasteiger partial charge in [-0.2, -0.15) is 10.1 Å². The number of nitrogens with zero attached hydrogens (tertiary/aromatic N) is 5. The normalized spacial score (nSPS) is 14.7. The summed E-state index contributed by atoms with van der Waals surface area (Å²) < 4.78 is 3.05. The first-order valence-electron chi connectivity index (χ1n) is 9.61. The molecule has 4 aromatic rings. The average Bonchev–Trinajstić information content (AvgIpc) is 3.47. The van der Waals surface area contributed by atoms with E-state index in [1.807, 2.05) is 34.0 Å². The molecule has 1 amide bonds. The summed E-state index contributed by atoms with van der Waals surface area (Å²) in [7, 11) is 0. The largest absolute Gasteiger partial charge is 0.344 e. The van der Waals surface area contributed by atoms with Crippen LogP contribution in [0.15, 0.2) is 41.8 Å². The highest BCUT2D eigenvalue weighted by atomic mass is 32.1. The van der Waals surface area contributed by atoms with E-state index >= 15 is 0 Å². The van der Waals surface area contributed by atoms with Crippen molar-refractivity contribution >= 4 is 44.1 Å². The Morgan fingerprint density at radius 3 is 2.48 bits per heavy atom. The summed E-state index contributed by atoms with van der Waals surface area (Å²) in [5.41, 5.74) is 4.15. The van der Waals surface area contributed by atoms with Crippen LogP contribution in [0.2, 0.25) is 0 Å². The lowest BCUT2D eigenvalue weighted by Crippen LogP contribution is -2.48. The topological polar surface area (TPSA) is 54.3 Å². The lowest BCUT2D eigenvalue weighted by atomic mass is 10.2. The molecule has 0 atom stereocenters. The Hall–Kier alpha value is -2.71. The number of thiazole rings is 1. The van der Waals surface area contributed by atoms with Crippen LogP contribution in [0.3, 0.4) is 0 Å². The second kappa shape index (κ2) is 7.27. The van der Waals surface area contributed by atoms with E-state index in [0.717, 1.165) is 57.9 Å². The quantitative estimate of drug-likeness (QED) is 0.497. The first-order chi connectivity index (χ1) is 14.1. The number of carbonyl (C=O) groups excluding carboxylic acids is 1. The van der Waals surface area contributed by atoms with E-state index in [1.165, 1.54) is 16.9 Å². The molecule has 6 nitrogen and oxygen atoms in total. The van der Waals surface area contributed by atoms with Crippen LogP contribution in [0.25, 0.3) is 16.0 Å². The molecule has 1 aromatic carbocycles. The smallest absolute Gasteiger partial charge is 0.264 e. The molecule has 0 N–H and O–H groups in total. The van der Waals surface area contributed by atoms with Gasteiger partial charge in [0.1, 0.15) is 0 Å². The number of carbonyl (C=O) groups is 1. The Morgan fingerprint density at radius 1 is 1.03 bits per heavy atom. The lowest BCUT2D eigenvalue weighted by molar-refractivity contribution is 0.0751. The highest BCUT2D eigenvalue weighted by molar-refractivity contribution is 7.22. The third-order valence-electron chi connectivity index (χ3n) is 5.23. The summed E-state index contributed by atoms with van der Waals surface area (Å²) in [5.74, 6) is 0.134. The van der Waals surface area contributed by atoms with Crippen LogP contribution in [0.1, 0.15) is 20.9 Å². The molecule has 29 heavy (non-hydrogen) atoms. The highest BCUT2D eigenvalue weighted by Gasteiger charge is 2.25. The number of aryl methyl sites for hydroxylation is 2. The monoisotopic (exact) mass is 423 g/mol. The van der Waals surface area contributed by atoms with E-state index in [4.69, 9.17) is 10.1 Å². The minimum atomic E-state index is 0.134. The fraction of sp³-hybridized carbons (Fsp3) is 0.286. The molecule has 148 valence electrons. The van der Waals surface area contributed by atoms with Gasteiger partial charge in [-0.15, -0.1) is 11.3 Å². The van der Waals surface area contributed by atoms with Gasteiger partial charge in [0.05, 0.1) is 21.0 Å². The maximum atomic E-state index is 12.6. The number of piperazine rings is 1. The molecular formula is C21H21N5OS2. The zero-order valence-electron chi connectivity index (χ0n) is 16.3. The third kappa shape index (κ3) is 3.32. The first kappa shape index (κ1) is 18.3. The van der Waals surface area contributed by atoms with E-state index in [9.17, 15) is 4.79 Å². The number of rotatable bonds is 3. The number of hydrogen-bond donors (Lipinski definition) is 0. The summed E-state index contributed by atoms with van der Waals surface area (Å²) in [6.45, 7) is 7.14. The fourth-order valence-corrected chi connectivity index (χ4v) is 5.31. The van der Waals surface area contributed by atoms with Crippen molar-refractivity contribution in [3.63, 3.8) is 0 Å². The van der Waals surface area contributed by atoms with Gasteiger partial charge >= 0.3 is 0 Å². The zero-order valence-corrected chi connectivity index (χ0v) is 18.0. The molecule has 5 rings (SSSR count). The predicted molar refractivity (Wildman–Crippen MR) is 119 cm³/mol. The van der Waals surface area contributed by atoms with Crippen molar-refractivity contribution in [3.05, 3.63) is 57.9 Å². The highest BCUT2D eigenvalue weighted by Crippen LogP contribution is 2.33. The number of anilines is 1.